The van der Waals surface area contributed by atoms with Gasteiger partial charge in [0.2, 0.25) is 5.91 Å². The Kier molecular flexibility index (Phi) is 5.37. The third-order valence-electron chi connectivity index (χ3n) is 4.15. The largest absolute Gasteiger partial charge is 0.497 e. The minimum Gasteiger partial charge on any atom is -0.497 e. The number of nitrogens with one attached hydrogen (secondary N) is 1. The molecular formula is C16H21N5O3. The maximum Gasteiger partial charge on any atom is 0.248 e. The SMILES string of the molecule is COc1ccc(COCC(=O)N2CCC(Cc3nn[nH]n3)C2)cc1. The fourth-order valence-corrected chi connectivity index (χ4v) is 2.82. The zero-order chi connectivity index (χ0) is 16.8. The first kappa shape index (κ1) is 16.4. The maximum atomic E-state index is 12.2. The first-order valence-corrected chi connectivity index (χ1v) is 7.95. The number of tetrazole rings is 1. The molecule has 128 valence electrons. The van der Waals surface area contributed by atoms with E-state index < -0.39 is 0 Å². The number of carbonyl (C=O) groups is 1. The Labute approximate surface area is 140 Å². The molecule has 0 saturated carbocycles. The number of rotatable bonds is 7. The van der Waals surface area contributed by atoms with Gasteiger partial charge in [-0.15, -0.1) is 10.2 Å². The highest BCUT2D eigenvalue weighted by Gasteiger charge is 2.27. The number of amides is 1. The maximum absolute atomic E-state index is 12.2. The van der Waals surface area contributed by atoms with Crippen molar-refractivity contribution in [2.45, 2.75) is 19.4 Å². The monoisotopic (exact) mass is 331 g/mol. The number of methoxy groups -OCH3 is 1. The minimum absolute atomic E-state index is 0.0270. The lowest BCUT2D eigenvalue weighted by Crippen LogP contribution is -2.32. The van der Waals surface area contributed by atoms with Crippen molar-refractivity contribution in [3.8, 4) is 5.75 Å². The highest BCUT2D eigenvalue weighted by atomic mass is 16.5. The van der Waals surface area contributed by atoms with Crippen molar-refractivity contribution >= 4 is 5.91 Å². The molecule has 1 fully saturated rings. The van der Waals surface area contributed by atoms with Gasteiger partial charge in [0.1, 0.15) is 12.4 Å². The Morgan fingerprint density at radius 1 is 1.38 bits per heavy atom. The molecule has 0 bridgehead atoms. The molecule has 8 heteroatoms. The van der Waals surface area contributed by atoms with Crippen LogP contribution in [-0.4, -0.2) is 58.2 Å². The molecule has 0 aliphatic carbocycles. The van der Waals surface area contributed by atoms with Crippen molar-refractivity contribution in [3.63, 3.8) is 0 Å². The second-order valence-corrected chi connectivity index (χ2v) is 5.87. The van der Waals surface area contributed by atoms with Crippen LogP contribution in [0.25, 0.3) is 0 Å². The average Bonchev–Trinajstić information content (AvgIpc) is 3.28. The van der Waals surface area contributed by atoms with Crippen molar-refractivity contribution in [1.29, 1.82) is 0 Å². The van der Waals surface area contributed by atoms with Crippen molar-refractivity contribution in [2.75, 3.05) is 26.8 Å². The molecule has 1 unspecified atom stereocenters. The van der Waals surface area contributed by atoms with E-state index in [4.69, 9.17) is 9.47 Å². The van der Waals surface area contributed by atoms with Crippen LogP contribution < -0.4 is 4.74 Å². The molecule has 8 nitrogen and oxygen atoms in total. The van der Waals surface area contributed by atoms with Gasteiger partial charge in [0, 0.05) is 19.5 Å². The Morgan fingerprint density at radius 3 is 2.92 bits per heavy atom. The molecule has 24 heavy (non-hydrogen) atoms. The molecule has 1 aliphatic heterocycles. The lowest BCUT2D eigenvalue weighted by molar-refractivity contribution is -0.135. The smallest absolute Gasteiger partial charge is 0.248 e. The van der Waals surface area contributed by atoms with Gasteiger partial charge >= 0.3 is 0 Å². The molecule has 1 aromatic heterocycles. The van der Waals surface area contributed by atoms with E-state index in [1.54, 1.807) is 7.11 Å². The van der Waals surface area contributed by atoms with E-state index in [9.17, 15) is 4.79 Å². The van der Waals surface area contributed by atoms with Crippen molar-refractivity contribution in [3.05, 3.63) is 35.7 Å². The number of hydrogen-bond acceptors (Lipinski definition) is 6. The number of ether oxygens (including phenoxy) is 2. The predicted octanol–water partition coefficient (Wildman–Crippen LogP) is 0.816. The standard InChI is InChI=1S/C16H21N5O3/c1-23-14-4-2-12(3-5-14)10-24-11-16(22)21-7-6-13(9-21)8-15-17-19-20-18-15/h2-5,13H,6-11H2,1H3,(H,17,18,19,20). The summed E-state index contributed by atoms with van der Waals surface area (Å²) in [6.45, 7) is 1.99. The number of H-pyrrole nitrogens is 1. The van der Waals surface area contributed by atoms with E-state index in [0.29, 0.717) is 18.3 Å². The van der Waals surface area contributed by atoms with E-state index >= 15 is 0 Å². The summed E-state index contributed by atoms with van der Waals surface area (Å²) in [7, 11) is 1.63. The molecule has 3 rings (SSSR count). The van der Waals surface area contributed by atoms with Crippen molar-refractivity contribution in [2.24, 2.45) is 5.92 Å². The van der Waals surface area contributed by atoms with Gasteiger partial charge in [-0.1, -0.05) is 17.3 Å². The highest BCUT2D eigenvalue weighted by Crippen LogP contribution is 2.19. The number of aromatic nitrogens is 4. The zero-order valence-electron chi connectivity index (χ0n) is 13.6. The molecule has 1 atom stereocenters. The summed E-state index contributed by atoms with van der Waals surface area (Å²) in [5.74, 6) is 1.91. The molecule has 0 spiro atoms. The zero-order valence-corrected chi connectivity index (χ0v) is 13.6. The lowest BCUT2D eigenvalue weighted by atomic mass is 10.1. The van der Waals surface area contributed by atoms with Crippen LogP contribution in [0.1, 0.15) is 17.8 Å². The van der Waals surface area contributed by atoms with Crippen LogP contribution in [0.15, 0.2) is 24.3 Å². The van der Waals surface area contributed by atoms with Gasteiger partial charge in [0.25, 0.3) is 0 Å². The fourth-order valence-electron chi connectivity index (χ4n) is 2.82. The number of hydrogen-bond donors (Lipinski definition) is 1. The first-order valence-electron chi connectivity index (χ1n) is 7.95. The van der Waals surface area contributed by atoms with Gasteiger partial charge < -0.3 is 14.4 Å². The summed E-state index contributed by atoms with van der Waals surface area (Å²) < 4.78 is 10.6. The van der Waals surface area contributed by atoms with Crippen LogP contribution in [0, 0.1) is 5.92 Å². The van der Waals surface area contributed by atoms with E-state index in [1.807, 2.05) is 29.2 Å². The third-order valence-corrected chi connectivity index (χ3v) is 4.15. The van der Waals surface area contributed by atoms with Gasteiger partial charge in [0.15, 0.2) is 5.82 Å². The molecule has 1 aliphatic rings. The summed E-state index contributed by atoms with van der Waals surface area (Å²) in [5.41, 5.74) is 1.01. The molecule has 1 aromatic carbocycles. The van der Waals surface area contributed by atoms with Crippen LogP contribution in [0.3, 0.4) is 0 Å². The van der Waals surface area contributed by atoms with Gasteiger partial charge in [0.05, 0.1) is 13.7 Å². The average molecular weight is 331 g/mol. The Balaban J connectivity index is 1.39. The van der Waals surface area contributed by atoms with Crippen LogP contribution in [0.5, 0.6) is 5.75 Å². The predicted molar refractivity (Wildman–Crippen MR) is 85.2 cm³/mol. The Bertz CT molecular complexity index is 644. The van der Waals surface area contributed by atoms with Gasteiger partial charge in [-0.2, -0.15) is 5.21 Å². The Hall–Kier alpha value is -2.48. The van der Waals surface area contributed by atoms with Gasteiger partial charge in [-0.25, -0.2) is 0 Å². The second kappa shape index (κ2) is 7.87. The molecule has 1 amide bonds. The first-order chi connectivity index (χ1) is 11.7. The third kappa shape index (κ3) is 4.29. The van der Waals surface area contributed by atoms with E-state index in [2.05, 4.69) is 20.6 Å². The summed E-state index contributed by atoms with van der Waals surface area (Å²) in [5, 5.41) is 13.9. The van der Waals surface area contributed by atoms with Crippen molar-refractivity contribution < 1.29 is 14.3 Å². The molecule has 1 saturated heterocycles. The summed E-state index contributed by atoms with van der Waals surface area (Å²) in [6.07, 6.45) is 1.70. The number of nitrogens with zero attached hydrogens (tertiary/aromatic N) is 4. The molecule has 1 N–H and O–H groups in total. The van der Waals surface area contributed by atoms with E-state index in [1.165, 1.54) is 0 Å². The highest BCUT2D eigenvalue weighted by molar-refractivity contribution is 5.77. The number of likely N-dealkylation sites (tertiary alicyclic amines) is 1. The number of carbonyl (C=O) groups excluding carboxylic acids is 1. The number of aromatic amines is 1. The van der Waals surface area contributed by atoms with Gasteiger partial charge in [-0.3, -0.25) is 4.79 Å². The van der Waals surface area contributed by atoms with E-state index in [0.717, 1.165) is 37.2 Å². The second-order valence-electron chi connectivity index (χ2n) is 5.87. The molecular weight excluding hydrogens is 310 g/mol. The fraction of sp³-hybridized carbons (Fsp3) is 0.500. The topological polar surface area (TPSA) is 93.2 Å². The molecule has 2 aromatic rings. The summed E-state index contributed by atoms with van der Waals surface area (Å²) in [4.78, 5) is 14.1. The van der Waals surface area contributed by atoms with Crippen molar-refractivity contribution in [1.82, 2.24) is 25.5 Å². The summed E-state index contributed by atoms with van der Waals surface area (Å²) >= 11 is 0. The van der Waals surface area contributed by atoms with Crippen LogP contribution in [-0.2, 0) is 22.6 Å². The van der Waals surface area contributed by atoms with E-state index in [-0.39, 0.29) is 12.5 Å². The molecule has 0 radical (unpaired) electrons. The van der Waals surface area contributed by atoms with Gasteiger partial charge in [-0.05, 0) is 30.0 Å². The number of benzene rings is 1. The normalized spacial score (nSPS) is 17.2. The van der Waals surface area contributed by atoms with Crippen LogP contribution in [0.4, 0.5) is 0 Å². The summed E-state index contributed by atoms with van der Waals surface area (Å²) in [6, 6.07) is 7.62. The Morgan fingerprint density at radius 2 is 2.21 bits per heavy atom. The lowest BCUT2D eigenvalue weighted by Gasteiger charge is -2.16. The quantitative estimate of drug-likeness (QED) is 0.807. The molecule has 2 heterocycles. The minimum atomic E-state index is 0.0270. The van der Waals surface area contributed by atoms with Crippen LogP contribution >= 0.6 is 0 Å². The van der Waals surface area contributed by atoms with Crippen LogP contribution in [0.2, 0.25) is 0 Å².